The molecular formula is C28H55NSiZr+2. The second kappa shape index (κ2) is 13.8. The van der Waals surface area contributed by atoms with Gasteiger partial charge in [0.05, 0.1) is 0 Å². The number of fused-ring (bicyclic) bond motifs is 2. The van der Waals surface area contributed by atoms with Crippen LogP contribution in [0.3, 0.4) is 0 Å². The third-order valence-corrected chi connectivity index (χ3v) is 7.87. The molecule has 6 unspecified atom stereocenters. The fourth-order valence-corrected chi connectivity index (χ4v) is 6.86. The molecule has 6 atom stereocenters. The maximum Gasteiger partial charge on any atom is 4.00 e. The van der Waals surface area contributed by atoms with Crippen LogP contribution in [0.4, 0.5) is 0 Å². The van der Waals surface area contributed by atoms with Crippen molar-refractivity contribution in [3.05, 3.63) is 12.3 Å². The Labute approximate surface area is 217 Å². The van der Waals surface area contributed by atoms with Gasteiger partial charge >= 0.3 is 26.2 Å². The SMILES string of the molecule is C1CCC2C(C1)CCC2CCC1CCC2CCCCC21.CC(C)(C)[NH-].[CH2-][Si](C)(C)C.[Zr+4]. The number of rotatable bonds is 3. The van der Waals surface area contributed by atoms with Crippen molar-refractivity contribution < 1.29 is 26.2 Å². The van der Waals surface area contributed by atoms with Crippen molar-refractivity contribution in [2.24, 2.45) is 35.5 Å². The second-order valence-electron chi connectivity index (χ2n) is 13.5. The van der Waals surface area contributed by atoms with Gasteiger partial charge in [0.15, 0.2) is 0 Å². The smallest absolute Gasteiger partial charge is 0.673 e. The molecular weight excluding hydrogens is 470 g/mol. The monoisotopic (exact) mass is 523 g/mol. The standard InChI is InChI=1S/C20H34.C4H10N.C4H11Si.Zr/c1-3-7-19-15(5-1)9-11-17(19)13-14-18-12-10-16-6-2-4-8-20(16)18;1-4(2,3)5;1-5(2,3)4;/h15-20H,1-14H2;5H,1-3H3;1H2,2-4H3;/q;2*-1;+4. The van der Waals surface area contributed by atoms with E-state index in [4.69, 9.17) is 5.73 Å². The molecule has 0 aromatic rings. The Balaban J connectivity index is 0.000000372. The van der Waals surface area contributed by atoms with Crippen molar-refractivity contribution in [3.8, 4) is 0 Å². The third kappa shape index (κ3) is 12.4. The van der Waals surface area contributed by atoms with Gasteiger partial charge in [-0.3, -0.25) is 0 Å². The van der Waals surface area contributed by atoms with Crippen LogP contribution in [0, 0.1) is 42.1 Å². The van der Waals surface area contributed by atoms with Crippen LogP contribution in [-0.2, 0) is 26.2 Å². The van der Waals surface area contributed by atoms with Gasteiger partial charge in [0.25, 0.3) is 0 Å². The predicted molar refractivity (Wildman–Crippen MR) is 138 cm³/mol. The zero-order valence-corrected chi connectivity index (χ0v) is 25.5. The molecule has 4 aliphatic carbocycles. The largest absolute Gasteiger partial charge is 4.00 e. The Hall–Kier alpha value is 1.06. The molecule has 1 nitrogen and oxygen atoms in total. The molecule has 4 fully saturated rings. The third-order valence-electron chi connectivity index (χ3n) is 7.87. The summed E-state index contributed by atoms with van der Waals surface area (Å²) in [5.41, 5.74) is 6.69. The normalized spacial score (nSPS) is 34.8. The molecule has 4 rings (SSSR count). The van der Waals surface area contributed by atoms with E-state index in [-0.39, 0.29) is 31.7 Å². The Morgan fingerprint density at radius 3 is 1.29 bits per heavy atom. The van der Waals surface area contributed by atoms with Gasteiger partial charge in [-0.25, -0.2) is 0 Å². The quantitative estimate of drug-likeness (QED) is 0.259. The molecule has 0 amide bonds. The van der Waals surface area contributed by atoms with Crippen LogP contribution in [0.2, 0.25) is 19.6 Å². The minimum Gasteiger partial charge on any atom is -0.673 e. The first-order valence-electron chi connectivity index (χ1n) is 13.5. The molecule has 0 spiro atoms. The summed E-state index contributed by atoms with van der Waals surface area (Å²) in [6.07, 6.45) is 22.1. The maximum absolute atomic E-state index is 6.94. The topological polar surface area (TPSA) is 23.8 Å². The molecule has 0 bridgehead atoms. The Morgan fingerprint density at radius 1 is 0.677 bits per heavy atom. The fraction of sp³-hybridized carbons (Fsp3) is 0.964. The Kier molecular flexibility index (Phi) is 13.4. The zero-order chi connectivity index (χ0) is 22.4. The summed E-state index contributed by atoms with van der Waals surface area (Å²) in [4.78, 5) is 0. The first-order chi connectivity index (χ1) is 13.9. The van der Waals surface area contributed by atoms with E-state index in [1.807, 2.05) is 20.8 Å². The molecule has 3 heteroatoms. The molecule has 178 valence electrons. The van der Waals surface area contributed by atoms with E-state index < -0.39 is 8.07 Å². The average molecular weight is 525 g/mol. The summed E-state index contributed by atoms with van der Waals surface area (Å²) >= 11 is 0. The van der Waals surface area contributed by atoms with E-state index in [9.17, 15) is 0 Å². The van der Waals surface area contributed by atoms with Crippen molar-refractivity contribution in [1.82, 2.24) is 0 Å². The zero-order valence-electron chi connectivity index (χ0n) is 22.1. The van der Waals surface area contributed by atoms with Gasteiger partial charge in [-0.05, 0) is 86.9 Å². The van der Waals surface area contributed by atoms with Crippen LogP contribution < -0.4 is 0 Å². The summed E-state index contributed by atoms with van der Waals surface area (Å²) in [6, 6.07) is 0. The van der Waals surface area contributed by atoms with Crippen LogP contribution in [0.25, 0.3) is 5.73 Å². The molecule has 0 aromatic heterocycles. The van der Waals surface area contributed by atoms with Gasteiger partial charge in [-0.2, -0.15) is 0 Å². The fourth-order valence-electron chi connectivity index (χ4n) is 6.86. The summed E-state index contributed by atoms with van der Waals surface area (Å²) in [5.74, 6) is 6.91. The van der Waals surface area contributed by atoms with Gasteiger partial charge in [0, 0.05) is 0 Å². The molecule has 0 aliphatic heterocycles. The summed E-state index contributed by atoms with van der Waals surface area (Å²) in [6.45, 7) is 16.1. The van der Waals surface area contributed by atoms with Crippen molar-refractivity contribution in [1.29, 1.82) is 0 Å². The van der Waals surface area contributed by atoms with Gasteiger partial charge in [-0.15, -0.1) is 13.6 Å². The summed E-state index contributed by atoms with van der Waals surface area (Å²) < 4.78 is 0. The van der Waals surface area contributed by atoms with Gasteiger partial charge < -0.3 is 12.3 Å². The first kappa shape index (κ1) is 30.1. The van der Waals surface area contributed by atoms with Crippen molar-refractivity contribution in [2.75, 3.05) is 0 Å². The van der Waals surface area contributed by atoms with Crippen LogP contribution in [-0.4, -0.2) is 13.6 Å². The summed E-state index contributed by atoms with van der Waals surface area (Å²) in [5, 5.41) is 0. The minimum absolute atomic E-state index is 0. The molecule has 0 heterocycles. The van der Waals surface area contributed by atoms with E-state index in [1.165, 1.54) is 0 Å². The van der Waals surface area contributed by atoms with Crippen LogP contribution in [0.1, 0.15) is 111 Å². The Bertz CT molecular complexity index is 424. The molecule has 0 aromatic carbocycles. The molecule has 0 radical (unpaired) electrons. The van der Waals surface area contributed by atoms with Crippen LogP contribution in [0.5, 0.6) is 0 Å². The van der Waals surface area contributed by atoms with E-state index >= 15 is 0 Å². The number of nitrogens with one attached hydrogen (secondary N) is 1. The first-order valence-corrected chi connectivity index (χ1v) is 17.2. The average Bonchev–Trinajstić information content (AvgIpc) is 3.21. The number of hydrogen-bond acceptors (Lipinski definition) is 0. The van der Waals surface area contributed by atoms with E-state index in [0.717, 1.165) is 35.5 Å². The van der Waals surface area contributed by atoms with E-state index in [2.05, 4.69) is 26.2 Å². The number of hydrogen-bond donors (Lipinski definition) is 0. The maximum atomic E-state index is 6.94. The van der Waals surface area contributed by atoms with Crippen molar-refractivity contribution >= 4 is 8.07 Å². The molecule has 4 saturated carbocycles. The van der Waals surface area contributed by atoms with Crippen molar-refractivity contribution in [2.45, 2.75) is 136 Å². The molecule has 4 aliphatic rings. The minimum atomic E-state index is -0.861. The van der Waals surface area contributed by atoms with E-state index in [1.54, 1.807) is 89.9 Å². The second-order valence-corrected chi connectivity index (χ2v) is 18.6. The summed E-state index contributed by atoms with van der Waals surface area (Å²) in [7, 11) is -0.861. The van der Waals surface area contributed by atoms with Crippen LogP contribution in [0.15, 0.2) is 0 Å². The van der Waals surface area contributed by atoms with E-state index in [0.29, 0.717) is 0 Å². The predicted octanol–water partition coefficient (Wildman–Crippen LogP) is 9.73. The van der Waals surface area contributed by atoms with Gasteiger partial charge in [0.2, 0.25) is 0 Å². The van der Waals surface area contributed by atoms with Crippen molar-refractivity contribution in [3.63, 3.8) is 0 Å². The van der Waals surface area contributed by atoms with Gasteiger partial charge in [0.1, 0.15) is 0 Å². The molecule has 0 saturated heterocycles. The molecule has 31 heavy (non-hydrogen) atoms. The van der Waals surface area contributed by atoms with Crippen LogP contribution >= 0.6 is 0 Å². The Morgan fingerprint density at radius 2 is 0.968 bits per heavy atom. The molecule has 1 N–H and O–H groups in total. The van der Waals surface area contributed by atoms with Gasteiger partial charge in [-0.1, -0.05) is 78.9 Å².